The zero-order chi connectivity index (χ0) is 23.8. The summed E-state index contributed by atoms with van der Waals surface area (Å²) in [5.74, 6) is -0.313. The first kappa shape index (κ1) is 21.9. The molecule has 1 fully saturated rings. The molecule has 2 aliphatic rings. The fourth-order valence-electron chi connectivity index (χ4n) is 4.86. The summed E-state index contributed by atoms with van der Waals surface area (Å²) < 4.78 is 21.2. The van der Waals surface area contributed by atoms with Crippen LogP contribution in [0.15, 0.2) is 48.8 Å². The Hall–Kier alpha value is -3.63. The van der Waals surface area contributed by atoms with Crippen molar-refractivity contribution < 1.29 is 13.9 Å². The zero-order valence-electron chi connectivity index (χ0n) is 19.2. The molecule has 2 aromatic carbocycles. The van der Waals surface area contributed by atoms with Crippen molar-refractivity contribution in [2.24, 2.45) is 0 Å². The lowest BCUT2D eigenvalue weighted by molar-refractivity contribution is -0.00220. The molecule has 0 saturated carbocycles. The van der Waals surface area contributed by atoms with Crippen LogP contribution < -0.4 is 5.32 Å². The van der Waals surface area contributed by atoms with Crippen LogP contribution in [0.4, 0.5) is 4.39 Å². The van der Waals surface area contributed by atoms with E-state index in [4.69, 9.17) is 4.74 Å². The lowest BCUT2D eigenvalue weighted by Gasteiger charge is -2.32. The second kappa shape index (κ2) is 9.20. The van der Waals surface area contributed by atoms with Gasteiger partial charge in [-0.2, -0.15) is 0 Å². The van der Waals surface area contributed by atoms with Gasteiger partial charge in [-0.25, -0.2) is 14.1 Å². The van der Waals surface area contributed by atoms with E-state index in [1.807, 2.05) is 22.9 Å². The van der Waals surface area contributed by atoms with Crippen LogP contribution in [0.3, 0.4) is 0 Å². The minimum Gasteiger partial charge on any atom is -0.365 e. The third-order valence-corrected chi connectivity index (χ3v) is 6.90. The Morgan fingerprint density at radius 2 is 2.00 bits per heavy atom. The van der Waals surface area contributed by atoms with Crippen LogP contribution >= 0.6 is 0 Å². The van der Waals surface area contributed by atoms with E-state index in [1.165, 1.54) is 12.1 Å². The number of nitrogens with one attached hydrogen (secondary N) is 2. The van der Waals surface area contributed by atoms with Crippen molar-refractivity contribution in [3.05, 3.63) is 77.1 Å². The number of carbonyl (C=O) groups is 1. The van der Waals surface area contributed by atoms with Crippen LogP contribution in [0.25, 0.3) is 11.0 Å². The van der Waals surface area contributed by atoms with Gasteiger partial charge >= 0.3 is 0 Å². The summed E-state index contributed by atoms with van der Waals surface area (Å²) in [6.07, 6.45) is 3.23. The Kier molecular flexibility index (Phi) is 5.75. The highest BCUT2D eigenvalue weighted by Gasteiger charge is 2.27. The number of H-pyrrole nitrogens is 1. The first-order valence-electron chi connectivity index (χ1n) is 11.9. The Balaban J connectivity index is 1.02. The summed E-state index contributed by atoms with van der Waals surface area (Å²) in [5.41, 5.74) is 5.20. The van der Waals surface area contributed by atoms with Crippen LogP contribution in [-0.2, 0) is 24.4 Å². The number of aromatic nitrogens is 5. The van der Waals surface area contributed by atoms with Crippen molar-refractivity contribution >= 4 is 16.9 Å². The third kappa shape index (κ3) is 4.54. The number of aromatic amines is 1. The Morgan fingerprint density at radius 1 is 1.17 bits per heavy atom. The summed E-state index contributed by atoms with van der Waals surface area (Å²) in [6.45, 7) is 3.44. The van der Waals surface area contributed by atoms with Crippen LogP contribution in [0.2, 0.25) is 0 Å². The zero-order valence-corrected chi connectivity index (χ0v) is 19.2. The Labute approximate surface area is 201 Å². The highest BCUT2D eigenvalue weighted by molar-refractivity contribution is 5.97. The molecule has 0 bridgehead atoms. The molecule has 0 aliphatic carbocycles. The molecule has 180 valence electrons. The van der Waals surface area contributed by atoms with Gasteiger partial charge in [0, 0.05) is 31.2 Å². The molecule has 0 spiro atoms. The van der Waals surface area contributed by atoms with E-state index in [2.05, 4.69) is 30.5 Å². The van der Waals surface area contributed by atoms with Crippen LogP contribution in [0.5, 0.6) is 0 Å². The predicted octanol–water partition coefficient (Wildman–Crippen LogP) is 2.96. The number of halogens is 1. The molecule has 6 rings (SSSR count). The summed E-state index contributed by atoms with van der Waals surface area (Å²) in [5, 5.41) is 11.9. The lowest BCUT2D eigenvalue weighted by atomic mass is 10.0. The largest absolute Gasteiger partial charge is 0.365 e. The standard InChI is InChI=1S/C25H26FN7O2/c26-18-4-1-16(2-5-18)24-13-33-23(14-35-24)22(30-31-33)12-32-9-7-19(8-10-32)29-25(34)17-3-6-20-21(11-17)28-15-27-20/h1-6,11,15,19,24H,7-10,12-14H2,(H,27,28)(H,29,34)/t24-/m0/s1. The summed E-state index contributed by atoms with van der Waals surface area (Å²) in [7, 11) is 0. The van der Waals surface area contributed by atoms with Crippen LogP contribution in [0, 0.1) is 5.82 Å². The lowest BCUT2D eigenvalue weighted by Crippen LogP contribution is -2.44. The molecule has 4 aromatic rings. The third-order valence-electron chi connectivity index (χ3n) is 6.90. The van der Waals surface area contributed by atoms with Gasteiger partial charge in [-0.1, -0.05) is 17.3 Å². The second-order valence-electron chi connectivity index (χ2n) is 9.17. The molecule has 1 amide bonds. The van der Waals surface area contributed by atoms with E-state index in [0.29, 0.717) is 25.3 Å². The van der Waals surface area contributed by atoms with Crippen molar-refractivity contribution in [2.45, 2.75) is 44.7 Å². The van der Waals surface area contributed by atoms with E-state index in [0.717, 1.165) is 53.9 Å². The minimum atomic E-state index is -0.257. The van der Waals surface area contributed by atoms with Gasteiger partial charge in [-0.3, -0.25) is 9.69 Å². The number of hydrogen-bond acceptors (Lipinski definition) is 6. The molecule has 2 aliphatic heterocycles. The maximum Gasteiger partial charge on any atom is 0.251 e. The molecular weight excluding hydrogens is 449 g/mol. The van der Waals surface area contributed by atoms with Crippen molar-refractivity contribution in [1.82, 2.24) is 35.2 Å². The molecule has 2 N–H and O–H groups in total. The maximum absolute atomic E-state index is 13.2. The normalized spacial score (nSPS) is 19.1. The summed E-state index contributed by atoms with van der Waals surface area (Å²) >= 11 is 0. The number of amides is 1. The molecule has 0 unspecified atom stereocenters. The number of piperidine rings is 1. The molecule has 35 heavy (non-hydrogen) atoms. The van der Waals surface area contributed by atoms with Crippen LogP contribution in [-0.4, -0.2) is 54.9 Å². The molecule has 1 saturated heterocycles. The van der Waals surface area contributed by atoms with Crippen molar-refractivity contribution in [1.29, 1.82) is 0 Å². The molecule has 9 nitrogen and oxygen atoms in total. The number of fused-ring (bicyclic) bond motifs is 2. The van der Waals surface area contributed by atoms with E-state index in [-0.39, 0.29) is 23.9 Å². The molecule has 1 atom stereocenters. The number of nitrogens with zero attached hydrogens (tertiary/aromatic N) is 5. The molecule has 10 heteroatoms. The first-order chi connectivity index (χ1) is 17.1. The van der Waals surface area contributed by atoms with Gasteiger partial charge in [0.1, 0.15) is 17.6 Å². The second-order valence-corrected chi connectivity index (χ2v) is 9.17. The van der Waals surface area contributed by atoms with Crippen molar-refractivity contribution in [3.8, 4) is 0 Å². The van der Waals surface area contributed by atoms with Crippen molar-refractivity contribution in [3.63, 3.8) is 0 Å². The van der Waals surface area contributed by atoms with Gasteiger partial charge < -0.3 is 15.0 Å². The fourth-order valence-corrected chi connectivity index (χ4v) is 4.86. The van der Waals surface area contributed by atoms with Gasteiger partial charge in [-0.15, -0.1) is 5.10 Å². The van der Waals surface area contributed by atoms with E-state index in [9.17, 15) is 9.18 Å². The number of benzene rings is 2. The number of likely N-dealkylation sites (tertiary alicyclic amines) is 1. The van der Waals surface area contributed by atoms with Gasteiger partial charge in [0.25, 0.3) is 5.91 Å². The number of carbonyl (C=O) groups excluding carboxylic acids is 1. The summed E-state index contributed by atoms with van der Waals surface area (Å²) in [6, 6.07) is 12.0. The Bertz CT molecular complexity index is 1340. The number of hydrogen-bond donors (Lipinski definition) is 2. The highest BCUT2D eigenvalue weighted by atomic mass is 19.1. The van der Waals surface area contributed by atoms with E-state index < -0.39 is 0 Å². The Morgan fingerprint density at radius 3 is 2.83 bits per heavy atom. The smallest absolute Gasteiger partial charge is 0.251 e. The number of rotatable bonds is 5. The minimum absolute atomic E-state index is 0.0554. The van der Waals surface area contributed by atoms with Crippen LogP contribution in [0.1, 0.15) is 46.3 Å². The van der Waals surface area contributed by atoms with E-state index in [1.54, 1.807) is 18.5 Å². The highest BCUT2D eigenvalue weighted by Crippen LogP contribution is 2.28. The van der Waals surface area contributed by atoms with Gasteiger partial charge in [0.2, 0.25) is 0 Å². The van der Waals surface area contributed by atoms with Gasteiger partial charge in [0.05, 0.1) is 36.2 Å². The SMILES string of the molecule is O=C(NC1CCN(Cc2nnn3c2CO[C@H](c2ccc(F)cc2)C3)CC1)c1ccc2nc[nH]c2c1. The van der Waals surface area contributed by atoms with Gasteiger partial charge in [-0.05, 0) is 48.7 Å². The number of imidazole rings is 1. The fraction of sp³-hybridized carbons (Fsp3) is 0.360. The van der Waals surface area contributed by atoms with Crippen molar-refractivity contribution in [2.75, 3.05) is 13.1 Å². The quantitative estimate of drug-likeness (QED) is 0.460. The average Bonchev–Trinajstić information content (AvgIpc) is 3.52. The van der Waals surface area contributed by atoms with E-state index >= 15 is 0 Å². The predicted molar refractivity (Wildman–Crippen MR) is 126 cm³/mol. The molecular formula is C25H26FN7O2. The first-order valence-corrected chi connectivity index (χ1v) is 11.9. The average molecular weight is 476 g/mol. The molecule has 4 heterocycles. The maximum atomic E-state index is 13.2. The topological polar surface area (TPSA) is 101 Å². The van der Waals surface area contributed by atoms with Gasteiger partial charge in [0.15, 0.2) is 0 Å². The number of ether oxygens (including phenoxy) is 1. The molecule has 0 radical (unpaired) electrons. The summed E-state index contributed by atoms with van der Waals surface area (Å²) in [4.78, 5) is 22.3. The monoisotopic (exact) mass is 475 g/mol. The molecule has 2 aromatic heterocycles.